The molecule has 17 heavy (non-hydrogen) atoms. The Morgan fingerprint density at radius 3 is 2.53 bits per heavy atom. The predicted octanol–water partition coefficient (Wildman–Crippen LogP) is 4.44. The molecule has 0 aliphatic heterocycles. The topological polar surface area (TPSA) is 35.2 Å². The number of ether oxygens (including phenoxy) is 1. The third-order valence-corrected chi connectivity index (χ3v) is 3.24. The molecule has 0 aromatic heterocycles. The van der Waals surface area contributed by atoms with E-state index in [9.17, 15) is 0 Å². The first kappa shape index (κ1) is 12.0. The summed E-state index contributed by atoms with van der Waals surface area (Å²) in [5, 5.41) is 0. The van der Waals surface area contributed by atoms with Crippen LogP contribution in [0.5, 0.6) is 11.5 Å². The Kier molecular flexibility index (Phi) is 3.38. The van der Waals surface area contributed by atoms with Gasteiger partial charge in [0, 0.05) is 4.47 Å². The average molecular weight is 292 g/mol. The molecule has 0 radical (unpaired) electrons. The van der Waals surface area contributed by atoms with Gasteiger partial charge in [0.25, 0.3) is 0 Å². The maximum atomic E-state index is 5.90. The van der Waals surface area contributed by atoms with Gasteiger partial charge in [-0.25, -0.2) is 0 Å². The third-order valence-electron chi connectivity index (χ3n) is 2.75. The van der Waals surface area contributed by atoms with Crippen LogP contribution in [0.15, 0.2) is 40.9 Å². The van der Waals surface area contributed by atoms with E-state index in [2.05, 4.69) is 28.9 Å². The molecule has 0 aliphatic rings. The molecule has 0 bridgehead atoms. The van der Waals surface area contributed by atoms with E-state index < -0.39 is 0 Å². The van der Waals surface area contributed by atoms with E-state index in [1.54, 1.807) is 0 Å². The Balaban J connectivity index is 2.35. The summed E-state index contributed by atoms with van der Waals surface area (Å²) in [6.45, 7) is 4.10. The molecule has 88 valence electrons. The number of benzene rings is 2. The summed E-state index contributed by atoms with van der Waals surface area (Å²) < 4.78 is 6.78. The van der Waals surface area contributed by atoms with Gasteiger partial charge in [0.1, 0.15) is 11.5 Å². The average Bonchev–Trinajstić information content (AvgIpc) is 2.28. The van der Waals surface area contributed by atoms with E-state index in [0.29, 0.717) is 11.4 Å². The van der Waals surface area contributed by atoms with Crippen LogP contribution in [0.1, 0.15) is 11.1 Å². The van der Waals surface area contributed by atoms with Crippen molar-refractivity contribution >= 4 is 21.6 Å². The Labute approximate surface area is 110 Å². The first-order valence-corrected chi connectivity index (χ1v) is 6.16. The van der Waals surface area contributed by atoms with Crippen LogP contribution in [0.4, 0.5) is 5.69 Å². The standard InChI is InChI=1S/C14H14BrNO/c1-9-4-3-5-13(10(9)2)17-14-7-6-11(15)8-12(14)16/h3-8H,16H2,1-2H3. The fourth-order valence-electron chi connectivity index (χ4n) is 1.57. The fraction of sp³-hybridized carbons (Fsp3) is 0.143. The van der Waals surface area contributed by atoms with Crippen LogP contribution in [0.2, 0.25) is 0 Å². The number of anilines is 1. The Morgan fingerprint density at radius 1 is 1.06 bits per heavy atom. The number of nitrogens with two attached hydrogens (primary N) is 1. The minimum absolute atomic E-state index is 0.625. The van der Waals surface area contributed by atoms with E-state index >= 15 is 0 Å². The quantitative estimate of drug-likeness (QED) is 0.830. The van der Waals surface area contributed by atoms with Crippen molar-refractivity contribution in [3.05, 3.63) is 52.0 Å². The minimum atomic E-state index is 0.625. The largest absolute Gasteiger partial charge is 0.455 e. The molecule has 0 saturated heterocycles. The third kappa shape index (κ3) is 2.61. The second-order valence-corrected chi connectivity index (χ2v) is 4.90. The van der Waals surface area contributed by atoms with Gasteiger partial charge >= 0.3 is 0 Å². The number of nitrogen functional groups attached to an aromatic ring is 1. The second kappa shape index (κ2) is 4.80. The molecule has 3 heteroatoms. The number of hydrogen-bond donors (Lipinski definition) is 1. The van der Waals surface area contributed by atoms with Crippen molar-refractivity contribution in [2.75, 3.05) is 5.73 Å². The molecule has 0 fully saturated rings. The zero-order valence-electron chi connectivity index (χ0n) is 9.83. The van der Waals surface area contributed by atoms with Crippen molar-refractivity contribution in [1.82, 2.24) is 0 Å². The lowest BCUT2D eigenvalue weighted by Gasteiger charge is -2.12. The molecular weight excluding hydrogens is 278 g/mol. The van der Waals surface area contributed by atoms with Gasteiger partial charge in [-0.05, 0) is 49.2 Å². The molecular formula is C14H14BrNO. The zero-order chi connectivity index (χ0) is 12.4. The van der Waals surface area contributed by atoms with Gasteiger partial charge in [0.05, 0.1) is 5.69 Å². The summed E-state index contributed by atoms with van der Waals surface area (Å²) in [5.74, 6) is 1.53. The maximum Gasteiger partial charge on any atom is 0.150 e. The lowest BCUT2D eigenvalue weighted by Crippen LogP contribution is -1.94. The first-order valence-electron chi connectivity index (χ1n) is 5.37. The van der Waals surface area contributed by atoms with Crippen LogP contribution in [-0.4, -0.2) is 0 Å². The summed E-state index contributed by atoms with van der Waals surface area (Å²) in [4.78, 5) is 0. The smallest absolute Gasteiger partial charge is 0.150 e. The van der Waals surface area contributed by atoms with Crippen molar-refractivity contribution in [1.29, 1.82) is 0 Å². The van der Waals surface area contributed by atoms with Gasteiger partial charge in [0.2, 0.25) is 0 Å². The number of halogens is 1. The SMILES string of the molecule is Cc1cccc(Oc2ccc(Br)cc2N)c1C. The summed E-state index contributed by atoms with van der Waals surface area (Å²) in [6, 6.07) is 11.6. The van der Waals surface area contributed by atoms with E-state index in [-0.39, 0.29) is 0 Å². The Hall–Kier alpha value is -1.48. The lowest BCUT2D eigenvalue weighted by molar-refractivity contribution is 0.480. The minimum Gasteiger partial charge on any atom is -0.455 e. The van der Waals surface area contributed by atoms with Crippen molar-refractivity contribution in [2.24, 2.45) is 0 Å². The van der Waals surface area contributed by atoms with Gasteiger partial charge in [-0.2, -0.15) is 0 Å². The van der Waals surface area contributed by atoms with Crippen molar-refractivity contribution in [3.8, 4) is 11.5 Å². The molecule has 2 nitrogen and oxygen atoms in total. The van der Waals surface area contributed by atoms with Crippen LogP contribution >= 0.6 is 15.9 Å². The molecule has 2 rings (SSSR count). The zero-order valence-corrected chi connectivity index (χ0v) is 11.4. The molecule has 0 heterocycles. The molecule has 0 atom stereocenters. The van der Waals surface area contributed by atoms with Crippen LogP contribution in [0, 0.1) is 13.8 Å². The molecule has 2 aromatic rings. The number of aryl methyl sites for hydroxylation is 1. The lowest BCUT2D eigenvalue weighted by atomic mass is 10.1. The van der Waals surface area contributed by atoms with Gasteiger partial charge < -0.3 is 10.5 Å². The van der Waals surface area contributed by atoms with E-state index in [4.69, 9.17) is 10.5 Å². The van der Waals surface area contributed by atoms with Gasteiger partial charge in [-0.1, -0.05) is 28.1 Å². The normalized spacial score (nSPS) is 10.3. The highest BCUT2D eigenvalue weighted by Gasteiger charge is 2.06. The Morgan fingerprint density at radius 2 is 1.82 bits per heavy atom. The van der Waals surface area contributed by atoms with E-state index in [1.807, 2.05) is 37.3 Å². The highest BCUT2D eigenvalue weighted by Crippen LogP contribution is 2.32. The molecule has 2 N–H and O–H groups in total. The van der Waals surface area contributed by atoms with Crippen LogP contribution in [0.25, 0.3) is 0 Å². The fourth-order valence-corrected chi connectivity index (χ4v) is 1.94. The molecule has 0 unspecified atom stereocenters. The number of hydrogen-bond acceptors (Lipinski definition) is 2. The Bertz CT molecular complexity index is 552. The van der Waals surface area contributed by atoms with Crippen LogP contribution < -0.4 is 10.5 Å². The van der Waals surface area contributed by atoms with Gasteiger partial charge in [0.15, 0.2) is 0 Å². The summed E-state index contributed by atoms with van der Waals surface area (Å²) in [5.41, 5.74) is 8.87. The second-order valence-electron chi connectivity index (χ2n) is 3.98. The van der Waals surface area contributed by atoms with Crippen molar-refractivity contribution < 1.29 is 4.74 Å². The monoisotopic (exact) mass is 291 g/mol. The molecule has 0 amide bonds. The highest BCUT2D eigenvalue weighted by molar-refractivity contribution is 9.10. The van der Waals surface area contributed by atoms with Crippen molar-refractivity contribution in [2.45, 2.75) is 13.8 Å². The van der Waals surface area contributed by atoms with E-state index in [1.165, 1.54) is 5.56 Å². The summed E-state index contributed by atoms with van der Waals surface area (Å²) >= 11 is 3.37. The highest BCUT2D eigenvalue weighted by atomic mass is 79.9. The molecule has 0 saturated carbocycles. The van der Waals surface area contributed by atoms with Crippen LogP contribution in [0.3, 0.4) is 0 Å². The van der Waals surface area contributed by atoms with E-state index in [0.717, 1.165) is 15.8 Å². The first-order chi connectivity index (χ1) is 8.08. The number of rotatable bonds is 2. The maximum absolute atomic E-state index is 5.90. The van der Waals surface area contributed by atoms with Gasteiger partial charge in [-0.3, -0.25) is 0 Å². The predicted molar refractivity (Wildman–Crippen MR) is 74.5 cm³/mol. The van der Waals surface area contributed by atoms with Gasteiger partial charge in [-0.15, -0.1) is 0 Å². The molecule has 0 spiro atoms. The van der Waals surface area contributed by atoms with Crippen LogP contribution in [-0.2, 0) is 0 Å². The summed E-state index contributed by atoms with van der Waals surface area (Å²) in [6.07, 6.45) is 0. The molecule has 2 aromatic carbocycles. The van der Waals surface area contributed by atoms with Crippen molar-refractivity contribution in [3.63, 3.8) is 0 Å². The summed E-state index contributed by atoms with van der Waals surface area (Å²) in [7, 11) is 0. The molecule has 0 aliphatic carbocycles.